The van der Waals surface area contributed by atoms with Crippen molar-refractivity contribution in [2.24, 2.45) is 0 Å². The lowest BCUT2D eigenvalue weighted by Crippen LogP contribution is -2.48. The number of carboxylic acid groups (broad SMARTS) is 3. The fraction of sp³-hybridized carbons (Fsp3) is 0.600. The van der Waals surface area contributed by atoms with E-state index in [2.05, 4.69) is 5.32 Å². The predicted octanol–water partition coefficient (Wildman–Crippen LogP) is -0.674. The molecule has 0 aromatic rings. The third-order valence-electron chi connectivity index (χ3n) is 2.14. The highest BCUT2D eigenvalue weighted by Gasteiger charge is 2.27. The van der Waals surface area contributed by atoms with Crippen LogP contribution in [0.25, 0.3) is 0 Å². The summed E-state index contributed by atoms with van der Waals surface area (Å²) in [7, 11) is 0. The quantitative estimate of drug-likeness (QED) is 0.428. The summed E-state index contributed by atoms with van der Waals surface area (Å²) in [6, 6.07) is -2.65. The molecular weight excluding hydrogens is 246 g/mol. The SMILES string of the molecule is CC(=O)CC(NC(CCC(=O)O)C(=O)O)C(=O)O. The normalized spacial score (nSPS) is 13.6. The van der Waals surface area contributed by atoms with Crippen LogP contribution in [0, 0.1) is 0 Å². The van der Waals surface area contributed by atoms with Gasteiger partial charge in [0.2, 0.25) is 0 Å². The summed E-state index contributed by atoms with van der Waals surface area (Å²) < 4.78 is 0. The van der Waals surface area contributed by atoms with Crippen LogP contribution in [0.5, 0.6) is 0 Å². The smallest absolute Gasteiger partial charge is 0.321 e. The van der Waals surface area contributed by atoms with Crippen LogP contribution in [0.4, 0.5) is 0 Å². The van der Waals surface area contributed by atoms with Gasteiger partial charge in [0.15, 0.2) is 0 Å². The summed E-state index contributed by atoms with van der Waals surface area (Å²) in [6.07, 6.45) is -1.02. The predicted molar refractivity (Wildman–Crippen MR) is 58.2 cm³/mol. The van der Waals surface area contributed by atoms with Crippen LogP contribution in [-0.4, -0.2) is 51.1 Å². The third kappa shape index (κ3) is 6.59. The average molecular weight is 261 g/mol. The van der Waals surface area contributed by atoms with Gasteiger partial charge in [-0.25, -0.2) is 0 Å². The zero-order chi connectivity index (χ0) is 14.3. The molecular formula is C10H15NO7. The average Bonchev–Trinajstić information content (AvgIpc) is 2.20. The first-order valence-electron chi connectivity index (χ1n) is 5.17. The number of carboxylic acids is 3. The minimum atomic E-state index is -1.36. The van der Waals surface area contributed by atoms with E-state index in [1.807, 2.05) is 0 Å². The zero-order valence-corrected chi connectivity index (χ0v) is 9.75. The highest BCUT2D eigenvalue weighted by molar-refractivity contribution is 5.85. The van der Waals surface area contributed by atoms with Crippen molar-refractivity contribution in [3.63, 3.8) is 0 Å². The summed E-state index contributed by atoms with van der Waals surface area (Å²) in [5.74, 6) is -4.29. The Hall–Kier alpha value is -1.96. The molecule has 0 aromatic carbocycles. The van der Waals surface area contributed by atoms with E-state index in [0.717, 1.165) is 0 Å². The summed E-state index contributed by atoms with van der Waals surface area (Å²) >= 11 is 0. The molecule has 0 fully saturated rings. The molecule has 102 valence electrons. The van der Waals surface area contributed by atoms with Gasteiger partial charge in [-0.1, -0.05) is 0 Å². The molecule has 8 nitrogen and oxygen atoms in total. The van der Waals surface area contributed by atoms with Gasteiger partial charge in [0.05, 0.1) is 0 Å². The molecule has 0 bridgehead atoms. The van der Waals surface area contributed by atoms with E-state index in [-0.39, 0.29) is 12.8 Å². The molecule has 2 atom stereocenters. The molecule has 0 aliphatic carbocycles. The monoisotopic (exact) mass is 261 g/mol. The van der Waals surface area contributed by atoms with Crippen molar-refractivity contribution in [2.75, 3.05) is 0 Å². The lowest BCUT2D eigenvalue weighted by Gasteiger charge is -2.18. The maximum Gasteiger partial charge on any atom is 0.321 e. The van der Waals surface area contributed by atoms with Crippen molar-refractivity contribution in [3.8, 4) is 0 Å². The second kappa shape index (κ2) is 7.38. The summed E-state index contributed by atoms with van der Waals surface area (Å²) in [5, 5.41) is 28.3. The standard InChI is InChI=1S/C10H15NO7/c1-5(12)4-7(10(17)18)11-6(9(15)16)2-3-8(13)14/h6-7,11H,2-4H2,1H3,(H,13,14)(H,15,16)(H,17,18). The Morgan fingerprint density at radius 1 is 1.00 bits per heavy atom. The van der Waals surface area contributed by atoms with Crippen molar-refractivity contribution in [1.29, 1.82) is 0 Å². The molecule has 0 spiro atoms. The zero-order valence-electron chi connectivity index (χ0n) is 9.75. The van der Waals surface area contributed by atoms with E-state index < -0.39 is 42.2 Å². The van der Waals surface area contributed by atoms with Gasteiger partial charge in [0.1, 0.15) is 17.9 Å². The van der Waals surface area contributed by atoms with E-state index >= 15 is 0 Å². The molecule has 0 radical (unpaired) electrons. The Kier molecular flexibility index (Phi) is 6.58. The summed E-state index contributed by atoms with van der Waals surface area (Å²) in [4.78, 5) is 42.8. The van der Waals surface area contributed by atoms with Gasteiger partial charge in [-0.15, -0.1) is 0 Å². The largest absolute Gasteiger partial charge is 0.481 e. The Balaban J connectivity index is 4.60. The van der Waals surface area contributed by atoms with E-state index in [1.165, 1.54) is 6.92 Å². The van der Waals surface area contributed by atoms with Crippen LogP contribution in [-0.2, 0) is 19.2 Å². The molecule has 0 amide bonds. The molecule has 0 rings (SSSR count). The van der Waals surface area contributed by atoms with Crippen LogP contribution >= 0.6 is 0 Å². The van der Waals surface area contributed by atoms with Gasteiger partial charge < -0.3 is 15.3 Å². The molecule has 0 aliphatic heterocycles. The fourth-order valence-corrected chi connectivity index (χ4v) is 1.29. The number of aliphatic carboxylic acids is 3. The van der Waals surface area contributed by atoms with Gasteiger partial charge in [0.25, 0.3) is 0 Å². The number of carbonyl (C=O) groups excluding carboxylic acids is 1. The molecule has 8 heteroatoms. The Morgan fingerprint density at radius 2 is 1.50 bits per heavy atom. The van der Waals surface area contributed by atoms with Crippen molar-refractivity contribution in [2.45, 2.75) is 38.3 Å². The first kappa shape index (κ1) is 16.0. The molecule has 0 saturated carbocycles. The second-order valence-electron chi connectivity index (χ2n) is 3.79. The Labute approximate surface area is 103 Å². The molecule has 0 aromatic heterocycles. The van der Waals surface area contributed by atoms with Gasteiger partial charge in [0, 0.05) is 12.8 Å². The fourth-order valence-electron chi connectivity index (χ4n) is 1.29. The number of carbonyl (C=O) groups is 4. The van der Waals surface area contributed by atoms with E-state index in [4.69, 9.17) is 15.3 Å². The number of rotatable bonds is 9. The number of Topliss-reactive ketones (excluding diaryl/α,β-unsaturated/α-hetero) is 1. The molecule has 2 unspecified atom stereocenters. The first-order valence-corrected chi connectivity index (χ1v) is 5.17. The molecule has 0 saturated heterocycles. The highest BCUT2D eigenvalue weighted by Crippen LogP contribution is 2.03. The lowest BCUT2D eigenvalue weighted by molar-refractivity contribution is -0.144. The number of ketones is 1. The first-order chi connectivity index (χ1) is 8.23. The van der Waals surface area contributed by atoms with Crippen LogP contribution < -0.4 is 5.32 Å². The topological polar surface area (TPSA) is 141 Å². The van der Waals surface area contributed by atoms with Crippen molar-refractivity contribution < 1.29 is 34.5 Å². The summed E-state index contributed by atoms with van der Waals surface area (Å²) in [6.45, 7) is 1.19. The Bertz CT molecular complexity index is 352. The van der Waals surface area contributed by atoms with Gasteiger partial charge >= 0.3 is 17.9 Å². The third-order valence-corrected chi connectivity index (χ3v) is 2.14. The van der Waals surface area contributed by atoms with Crippen molar-refractivity contribution >= 4 is 23.7 Å². The van der Waals surface area contributed by atoms with Crippen molar-refractivity contribution in [1.82, 2.24) is 5.32 Å². The molecule has 18 heavy (non-hydrogen) atoms. The van der Waals surface area contributed by atoms with E-state index in [9.17, 15) is 19.2 Å². The molecule has 4 N–H and O–H groups in total. The Morgan fingerprint density at radius 3 is 1.83 bits per heavy atom. The lowest BCUT2D eigenvalue weighted by atomic mass is 10.1. The van der Waals surface area contributed by atoms with Crippen LogP contribution in [0.15, 0.2) is 0 Å². The van der Waals surface area contributed by atoms with Gasteiger partial charge in [-0.2, -0.15) is 0 Å². The van der Waals surface area contributed by atoms with Gasteiger partial charge in [-0.3, -0.25) is 24.5 Å². The van der Waals surface area contributed by atoms with Gasteiger partial charge in [-0.05, 0) is 13.3 Å². The maximum atomic E-state index is 10.8. The number of hydrogen-bond donors (Lipinski definition) is 4. The number of nitrogens with one attached hydrogen (secondary N) is 1. The maximum absolute atomic E-state index is 10.8. The van der Waals surface area contributed by atoms with Crippen LogP contribution in [0.1, 0.15) is 26.2 Å². The van der Waals surface area contributed by atoms with Crippen molar-refractivity contribution in [3.05, 3.63) is 0 Å². The van der Waals surface area contributed by atoms with E-state index in [1.54, 1.807) is 0 Å². The minimum Gasteiger partial charge on any atom is -0.481 e. The number of hydrogen-bond acceptors (Lipinski definition) is 5. The van der Waals surface area contributed by atoms with Crippen LogP contribution in [0.3, 0.4) is 0 Å². The molecule has 0 heterocycles. The minimum absolute atomic E-state index is 0.258. The highest BCUT2D eigenvalue weighted by atomic mass is 16.4. The molecule has 0 aliphatic rings. The second-order valence-corrected chi connectivity index (χ2v) is 3.79. The van der Waals surface area contributed by atoms with E-state index in [0.29, 0.717) is 0 Å². The summed E-state index contributed by atoms with van der Waals surface area (Å²) in [5.41, 5.74) is 0. The van der Waals surface area contributed by atoms with Crippen LogP contribution in [0.2, 0.25) is 0 Å².